The standard InChI is InChI=1S/C31H35NO4/c1-3-35-24-16-14-22(15-17-24)29-28(31(34)36-25-12-8-5-9-13-25)20(2)32-26-18-23(19-27(33)30(26)29)21-10-6-4-7-11-21/h4,6-7,10-11,14-17,23,25,29,32H,3,5,8-9,12-13,18-19H2,1-2H3/t23-,29-/m0/s1. The molecule has 0 radical (unpaired) electrons. The average molecular weight is 486 g/mol. The first-order valence-corrected chi connectivity index (χ1v) is 13.3. The van der Waals surface area contributed by atoms with Gasteiger partial charge in [-0.15, -0.1) is 0 Å². The largest absolute Gasteiger partial charge is 0.494 e. The molecule has 3 aliphatic rings. The summed E-state index contributed by atoms with van der Waals surface area (Å²) in [6.07, 6.45) is 6.31. The van der Waals surface area contributed by atoms with Gasteiger partial charge < -0.3 is 14.8 Å². The third kappa shape index (κ3) is 4.97. The normalized spacial score (nSPS) is 22.7. The van der Waals surface area contributed by atoms with Crippen LogP contribution in [0, 0.1) is 0 Å². The van der Waals surface area contributed by atoms with E-state index in [1.807, 2.05) is 56.3 Å². The first-order chi connectivity index (χ1) is 17.5. The van der Waals surface area contributed by atoms with E-state index in [2.05, 4.69) is 17.4 Å². The first kappa shape index (κ1) is 24.4. The molecule has 0 bridgehead atoms. The second kappa shape index (κ2) is 10.7. The number of rotatable bonds is 6. The Morgan fingerprint density at radius 3 is 2.36 bits per heavy atom. The summed E-state index contributed by atoms with van der Waals surface area (Å²) >= 11 is 0. The fraction of sp³-hybridized carbons (Fsp3) is 0.419. The maximum Gasteiger partial charge on any atom is 0.337 e. The van der Waals surface area contributed by atoms with Crippen LogP contribution in [0.4, 0.5) is 0 Å². The Hall–Kier alpha value is -3.34. The number of nitrogens with one attached hydrogen (secondary N) is 1. The van der Waals surface area contributed by atoms with Crippen molar-refractivity contribution < 1.29 is 19.1 Å². The number of ketones is 1. The number of ether oxygens (including phenoxy) is 2. The van der Waals surface area contributed by atoms with Gasteiger partial charge in [0.2, 0.25) is 0 Å². The molecule has 188 valence electrons. The summed E-state index contributed by atoms with van der Waals surface area (Å²) in [5, 5.41) is 3.46. The first-order valence-electron chi connectivity index (χ1n) is 13.3. The van der Waals surface area contributed by atoms with Gasteiger partial charge in [-0.2, -0.15) is 0 Å². The van der Waals surface area contributed by atoms with Gasteiger partial charge in [0.25, 0.3) is 0 Å². The monoisotopic (exact) mass is 485 g/mol. The molecule has 1 N–H and O–H groups in total. The van der Waals surface area contributed by atoms with E-state index in [4.69, 9.17) is 9.47 Å². The molecule has 2 atom stereocenters. The minimum Gasteiger partial charge on any atom is -0.494 e. The lowest BCUT2D eigenvalue weighted by atomic mass is 9.71. The fourth-order valence-electron chi connectivity index (χ4n) is 5.92. The molecule has 5 nitrogen and oxygen atoms in total. The lowest BCUT2D eigenvalue weighted by Gasteiger charge is -2.37. The maximum absolute atomic E-state index is 13.7. The number of hydrogen-bond acceptors (Lipinski definition) is 5. The molecule has 1 heterocycles. The van der Waals surface area contributed by atoms with E-state index < -0.39 is 5.92 Å². The van der Waals surface area contributed by atoms with Gasteiger partial charge in [-0.3, -0.25) is 4.79 Å². The lowest BCUT2D eigenvalue weighted by molar-refractivity contribution is -0.146. The summed E-state index contributed by atoms with van der Waals surface area (Å²) in [6.45, 7) is 4.46. The predicted octanol–water partition coefficient (Wildman–Crippen LogP) is 6.32. The summed E-state index contributed by atoms with van der Waals surface area (Å²) in [5.41, 5.74) is 5.03. The van der Waals surface area contributed by atoms with Crippen LogP contribution in [0.15, 0.2) is 77.1 Å². The summed E-state index contributed by atoms with van der Waals surface area (Å²) in [7, 11) is 0. The molecule has 0 amide bonds. The summed E-state index contributed by atoms with van der Waals surface area (Å²) in [5.74, 6) is 0.226. The van der Waals surface area contributed by atoms with Crippen molar-refractivity contribution in [2.75, 3.05) is 6.61 Å². The summed E-state index contributed by atoms with van der Waals surface area (Å²) in [4.78, 5) is 27.4. The Bertz CT molecular complexity index is 1170. The van der Waals surface area contributed by atoms with Crippen LogP contribution >= 0.6 is 0 Å². The third-order valence-electron chi connectivity index (χ3n) is 7.67. The van der Waals surface area contributed by atoms with Crippen LogP contribution in [0.1, 0.15) is 81.8 Å². The van der Waals surface area contributed by atoms with Crippen molar-refractivity contribution in [1.29, 1.82) is 0 Å². The van der Waals surface area contributed by atoms with Gasteiger partial charge in [0.15, 0.2) is 5.78 Å². The average Bonchev–Trinajstić information content (AvgIpc) is 2.89. The molecule has 2 aromatic carbocycles. The molecule has 0 unspecified atom stereocenters. The minimum absolute atomic E-state index is 0.0487. The van der Waals surface area contributed by atoms with Crippen LogP contribution in [0.2, 0.25) is 0 Å². The van der Waals surface area contributed by atoms with Crippen LogP contribution < -0.4 is 10.1 Å². The zero-order chi connectivity index (χ0) is 25.1. The van der Waals surface area contributed by atoms with E-state index in [9.17, 15) is 9.59 Å². The highest BCUT2D eigenvalue weighted by Crippen LogP contribution is 2.46. The van der Waals surface area contributed by atoms with E-state index in [1.165, 1.54) is 12.0 Å². The summed E-state index contributed by atoms with van der Waals surface area (Å²) < 4.78 is 11.7. The SMILES string of the molecule is CCOc1ccc([C@H]2C(C(=O)OC3CCCCC3)=C(C)NC3=C2C(=O)C[C@@H](c2ccccc2)C3)cc1. The third-order valence-corrected chi connectivity index (χ3v) is 7.67. The van der Waals surface area contributed by atoms with Crippen molar-refractivity contribution in [1.82, 2.24) is 5.32 Å². The van der Waals surface area contributed by atoms with Crippen LogP contribution in [-0.2, 0) is 14.3 Å². The molecule has 2 aromatic rings. The van der Waals surface area contributed by atoms with Gasteiger partial charge in [-0.1, -0.05) is 48.9 Å². The van der Waals surface area contributed by atoms with Crippen molar-refractivity contribution in [3.8, 4) is 5.75 Å². The highest BCUT2D eigenvalue weighted by molar-refractivity contribution is 6.04. The van der Waals surface area contributed by atoms with E-state index in [0.717, 1.165) is 54.8 Å². The number of carbonyl (C=O) groups excluding carboxylic acids is 2. The lowest BCUT2D eigenvalue weighted by Crippen LogP contribution is -2.37. The van der Waals surface area contributed by atoms with Gasteiger partial charge in [0.1, 0.15) is 11.9 Å². The highest BCUT2D eigenvalue weighted by Gasteiger charge is 2.41. The molecule has 1 saturated carbocycles. The van der Waals surface area contributed by atoms with E-state index in [1.54, 1.807) is 0 Å². The number of dihydropyridines is 1. The van der Waals surface area contributed by atoms with Gasteiger partial charge in [0, 0.05) is 29.3 Å². The van der Waals surface area contributed by atoms with Gasteiger partial charge >= 0.3 is 5.97 Å². The fourth-order valence-corrected chi connectivity index (χ4v) is 5.92. The van der Waals surface area contributed by atoms with E-state index in [-0.39, 0.29) is 23.8 Å². The molecule has 36 heavy (non-hydrogen) atoms. The van der Waals surface area contributed by atoms with Crippen molar-refractivity contribution in [3.63, 3.8) is 0 Å². The molecule has 0 aromatic heterocycles. The zero-order valence-corrected chi connectivity index (χ0v) is 21.2. The van der Waals surface area contributed by atoms with Gasteiger partial charge in [-0.05, 0) is 75.1 Å². The van der Waals surface area contributed by atoms with Crippen LogP contribution in [0.3, 0.4) is 0 Å². The highest BCUT2D eigenvalue weighted by atomic mass is 16.5. The zero-order valence-electron chi connectivity index (χ0n) is 21.2. The molecule has 5 rings (SSSR count). The number of hydrogen-bond donors (Lipinski definition) is 1. The van der Waals surface area contributed by atoms with Gasteiger partial charge in [0.05, 0.1) is 12.2 Å². The van der Waals surface area contributed by atoms with E-state index >= 15 is 0 Å². The van der Waals surface area contributed by atoms with Crippen molar-refractivity contribution in [2.45, 2.75) is 76.7 Å². The van der Waals surface area contributed by atoms with Crippen molar-refractivity contribution in [3.05, 3.63) is 88.3 Å². The number of carbonyl (C=O) groups is 2. The van der Waals surface area contributed by atoms with Crippen molar-refractivity contribution >= 4 is 11.8 Å². The van der Waals surface area contributed by atoms with Crippen LogP contribution in [-0.4, -0.2) is 24.5 Å². The molecule has 1 fully saturated rings. The number of benzene rings is 2. The predicted molar refractivity (Wildman–Crippen MR) is 140 cm³/mol. The molecule has 2 aliphatic carbocycles. The molecular weight excluding hydrogens is 450 g/mol. The number of Topliss-reactive ketones (excluding diaryl/α,β-unsaturated/α-hetero) is 1. The number of esters is 1. The van der Waals surface area contributed by atoms with Crippen LogP contribution in [0.5, 0.6) is 5.75 Å². The topological polar surface area (TPSA) is 64.6 Å². The molecule has 5 heteroatoms. The second-order valence-corrected chi connectivity index (χ2v) is 10.1. The smallest absolute Gasteiger partial charge is 0.337 e. The Kier molecular flexibility index (Phi) is 7.26. The maximum atomic E-state index is 13.7. The van der Waals surface area contributed by atoms with Crippen LogP contribution in [0.25, 0.3) is 0 Å². The molecule has 0 saturated heterocycles. The Labute approximate surface area is 213 Å². The Balaban J connectivity index is 1.52. The Morgan fingerprint density at radius 1 is 0.944 bits per heavy atom. The second-order valence-electron chi connectivity index (χ2n) is 10.1. The quantitative estimate of drug-likeness (QED) is 0.485. The Morgan fingerprint density at radius 2 is 1.67 bits per heavy atom. The number of allylic oxidation sites excluding steroid dienone is 3. The van der Waals surface area contributed by atoms with Gasteiger partial charge in [-0.25, -0.2) is 4.79 Å². The van der Waals surface area contributed by atoms with E-state index in [0.29, 0.717) is 24.2 Å². The molecular formula is C31H35NO4. The van der Waals surface area contributed by atoms with Crippen molar-refractivity contribution in [2.24, 2.45) is 0 Å². The molecule has 1 aliphatic heterocycles. The summed E-state index contributed by atoms with van der Waals surface area (Å²) in [6, 6.07) is 18.0. The molecule has 0 spiro atoms. The minimum atomic E-state index is -0.447.